The molecule has 1 saturated heterocycles. The van der Waals surface area contributed by atoms with Crippen LogP contribution >= 0.6 is 0 Å². The average molecular weight is 433 g/mol. The van der Waals surface area contributed by atoms with Gasteiger partial charge in [0, 0.05) is 18.7 Å². The maximum atomic E-state index is 13.0. The molecule has 1 aromatic rings. The number of rotatable bonds is 12. The summed E-state index contributed by atoms with van der Waals surface area (Å²) in [6.45, 7) is 7.28. The SMILES string of the molecule is CCCCCCCOc1ccc(C(=O)N2CCNC(=O)C2CC(=O)OC(C)CC)cc1. The van der Waals surface area contributed by atoms with Gasteiger partial charge in [0.05, 0.1) is 19.1 Å². The van der Waals surface area contributed by atoms with Crippen molar-refractivity contribution in [3.8, 4) is 5.75 Å². The van der Waals surface area contributed by atoms with E-state index in [0.29, 0.717) is 31.7 Å². The van der Waals surface area contributed by atoms with E-state index >= 15 is 0 Å². The molecule has 1 heterocycles. The Kier molecular flexibility index (Phi) is 10.3. The summed E-state index contributed by atoms with van der Waals surface area (Å²) in [4.78, 5) is 39.1. The molecule has 172 valence electrons. The van der Waals surface area contributed by atoms with Gasteiger partial charge in [-0.1, -0.05) is 39.5 Å². The molecule has 0 saturated carbocycles. The molecule has 31 heavy (non-hydrogen) atoms. The minimum atomic E-state index is -0.864. The van der Waals surface area contributed by atoms with Crippen molar-refractivity contribution in [3.63, 3.8) is 0 Å². The molecule has 2 atom stereocenters. The molecule has 0 aliphatic carbocycles. The van der Waals surface area contributed by atoms with Gasteiger partial charge in [-0.3, -0.25) is 14.4 Å². The summed E-state index contributed by atoms with van der Waals surface area (Å²) in [6, 6.07) is 6.09. The minimum Gasteiger partial charge on any atom is -0.494 e. The summed E-state index contributed by atoms with van der Waals surface area (Å²) in [7, 11) is 0. The van der Waals surface area contributed by atoms with E-state index in [-0.39, 0.29) is 24.3 Å². The fourth-order valence-corrected chi connectivity index (χ4v) is 3.43. The van der Waals surface area contributed by atoms with E-state index in [4.69, 9.17) is 9.47 Å². The van der Waals surface area contributed by atoms with Crippen LogP contribution < -0.4 is 10.1 Å². The first-order chi connectivity index (χ1) is 15.0. The van der Waals surface area contributed by atoms with Crippen LogP contribution in [0.15, 0.2) is 24.3 Å². The molecule has 0 radical (unpaired) electrons. The summed E-state index contributed by atoms with van der Waals surface area (Å²) in [5.74, 6) is -0.361. The first kappa shape index (κ1) is 24.7. The van der Waals surface area contributed by atoms with Gasteiger partial charge >= 0.3 is 5.97 Å². The third-order valence-electron chi connectivity index (χ3n) is 5.48. The molecule has 2 amide bonds. The summed E-state index contributed by atoms with van der Waals surface area (Å²) in [5.41, 5.74) is 0.463. The van der Waals surface area contributed by atoms with Gasteiger partial charge in [0.2, 0.25) is 5.91 Å². The Labute approximate surface area is 185 Å². The van der Waals surface area contributed by atoms with Crippen LogP contribution in [0.2, 0.25) is 0 Å². The van der Waals surface area contributed by atoms with Crippen LogP contribution in [-0.2, 0) is 14.3 Å². The van der Waals surface area contributed by atoms with Gasteiger partial charge in [-0.2, -0.15) is 0 Å². The summed E-state index contributed by atoms with van der Waals surface area (Å²) in [5, 5.41) is 2.73. The number of esters is 1. The maximum Gasteiger partial charge on any atom is 0.308 e. The lowest BCUT2D eigenvalue weighted by molar-refractivity contribution is -0.151. The van der Waals surface area contributed by atoms with E-state index in [1.165, 1.54) is 24.2 Å². The van der Waals surface area contributed by atoms with Crippen molar-refractivity contribution in [3.05, 3.63) is 29.8 Å². The quantitative estimate of drug-likeness (QED) is 0.402. The molecule has 0 spiro atoms. The lowest BCUT2D eigenvalue weighted by atomic mass is 10.1. The molecular weight excluding hydrogens is 396 g/mol. The van der Waals surface area contributed by atoms with E-state index < -0.39 is 12.0 Å². The van der Waals surface area contributed by atoms with Crippen molar-refractivity contribution in [2.45, 2.75) is 77.9 Å². The van der Waals surface area contributed by atoms with Gasteiger partial charge in [0.25, 0.3) is 5.91 Å². The number of benzene rings is 1. The van der Waals surface area contributed by atoms with Gasteiger partial charge < -0.3 is 19.7 Å². The highest BCUT2D eigenvalue weighted by Gasteiger charge is 2.35. The number of carbonyl (C=O) groups excluding carboxylic acids is 3. The van der Waals surface area contributed by atoms with E-state index in [0.717, 1.165) is 18.6 Å². The molecule has 0 aromatic heterocycles. The van der Waals surface area contributed by atoms with Crippen LogP contribution in [0.25, 0.3) is 0 Å². The second-order valence-electron chi connectivity index (χ2n) is 8.01. The van der Waals surface area contributed by atoms with Crippen molar-refractivity contribution in [1.82, 2.24) is 10.2 Å². The lowest BCUT2D eigenvalue weighted by Crippen LogP contribution is -2.57. The van der Waals surface area contributed by atoms with E-state index in [1.54, 1.807) is 31.2 Å². The first-order valence-electron chi connectivity index (χ1n) is 11.5. The lowest BCUT2D eigenvalue weighted by Gasteiger charge is -2.34. The molecule has 7 heteroatoms. The zero-order valence-electron chi connectivity index (χ0n) is 19.0. The first-order valence-corrected chi connectivity index (χ1v) is 11.5. The summed E-state index contributed by atoms with van der Waals surface area (Å²) < 4.78 is 11.0. The van der Waals surface area contributed by atoms with Crippen LogP contribution in [-0.4, -0.2) is 54.5 Å². The monoisotopic (exact) mass is 432 g/mol. The minimum absolute atomic E-state index is 0.152. The Bertz CT molecular complexity index is 719. The van der Waals surface area contributed by atoms with Crippen LogP contribution in [0.5, 0.6) is 5.75 Å². The van der Waals surface area contributed by atoms with Crippen molar-refractivity contribution in [2.24, 2.45) is 0 Å². The topological polar surface area (TPSA) is 84.9 Å². The standard InChI is InChI=1S/C24H36N2O5/c1-4-6-7-8-9-16-30-20-12-10-19(11-13-20)24(29)26-15-14-25-23(28)21(26)17-22(27)31-18(3)5-2/h10-13,18,21H,4-9,14-17H2,1-3H3,(H,25,28). The van der Waals surface area contributed by atoms with E-state index in [9.17, 15) is 14.4 Å². The van der Waals surface area contributed by atoms with Gasteiger partial charge in [-0.05, 0) is 44.0 Å². The number of ether oxygens (including phenoxy) is 2. The Hall–Kier alpha value is -2.57. The molecule has 1 fully saturated rings. The summed E-state index contributed by atoms with van der Waals surface area (Å²) >= 11 is 0. The number of amides is 2. The number of hydrogen-bond donors (Lipinski definition) is 1. The predicted molar refractivity (Wildman–Crippen MR) is 119 cm³/mol. The number of carbonyl (C=O) groups is 3. The number of nitrogens with zero attached hydrogens (tertiary/aromatic N) is 1. The highest BCUT2D eigenvalue weighted by atomic mass is 16.5. The van der Waals surface area contributed by atoms with Crippen LogP contribution in [0.3, 0.4) is 0 Å². The van der Waals surface area contributed by atoms with Crippen molar-refractivity contribution >= 4 is 17.8 Å². The smallest absolute Gasteiger partial charge is 0.308 e. The van der Waals surface area contributed by atoms with Crippen molar-refractivity contribution in [2.75, 3.05) is 19.7 Å². The highest BCUT2D eigenvalue weighted by molar-refractivity contribution is 5.99. The second kappa shape index (κ2) is 13.0. The molecule has 7 nitrogen and oxygen atoms in total. The van der Waals surface area contributed by atoms with Crippen LogP contribution in [0, 0.1) is 0 Å². The molecule has 1 aromatic carbocycles. The maximum absolute atomic E-state index is 13.0. The van der Waals surface area contributed by atoms with Gasteiger partial charge in [-0.25, -0.2) is 0 Å². The average Bonchev–Trinajstić information content (AvgIpc) is 2.77. The third kappa shape index (κ3) is 7.89. The Morgan fingerprint density at radius 2 is 1.84 bits per heavy atom. The number of nitrogens with one attached hydrogen (secondary N) is 1. The molecular formula is C24H36N2O5. The summed E-state index contributed by atoms with van der Waals surface area (Å²) in [6.07, 6.45) is 6.18. The third-order valence-corrected chi connectivity index (χ3v) is 5.48. The Balaban J connectivity index is 1.94. The van der Waals surface area contributed by atoms with Crippen molar-refractivity contribution < 1.29 is 23.9 Å². The largest absolute Gasteiger partial charge is 0.494 e. The normalized spacial score (nSPS) is 17.1. The zero-order chi connectivity index (χ0) is 22.6. The van der Waals surface area contributed by atoms with E-state index in [1.807, 2.05) is 6.92 Å². The van der Waals surface area contributed by atoms with E-state index in [2.05, 4.69) is 12.2 Å². The zero-order valence-corrected chi connectivity index (χ0v) is 19.0. The fraction of sp³-hybridized carbons (Fsp3) is 0.625. The van der Waals surface area contributed by atoms with Crippen molar-refractivity contribution in [1.29, 1.82) is 0 Å². The van der Waals surface area contributed by atoms with Crippen LogP contribution in [0.4, 0.5) is 0 Å². The second-order valence-corrected chi connectivity index (χ2v) is 8.01. The van der Waals surface area contributed by atoms with Gasteiger partial charge in [-0.15, -0.1) is 0 Å². The molecule has 2 unspecified atom stereocenters. The number of unbranched alkanes of at least 4 members (excludes halogenated alkanes) is 4. The number of piperazine rings is 1. The van der Waals surface area contributed by atoms with Gasteiger partial charge in [0.15, 0.2) is 0 Å². The number of hydrogen-bond acceptors (Lipinski definition) is 5. The molecule has 1 aliphatic heterocycles. The Morgan fingerprint density at radius 3 is 2.52 bits per heavy atom. The highest BCUT2D eigenvalue weighted by Crippen LogP contribution is 2.18. The van der Waals surface area contributed by atoms with Gasteiger partial charge in [0.1, 0.15) is 11.8 Å². The Morgan fingerprint density at radius 1 is 1.13 bits per heavy atom. The molecule has 0 bridgehead atoms. The van der Waals surface area contributed by atoms with Crippen LogP contribution in [0.1, 0.15) is 76.1 Å². The molecule has 1 aliphatic rings. The predicted octanol–water partition coefficient (Wildman–Crippen LogP) is 3.71. The molecule has 2 rings (SSSR count). The fourth-order valence-electron chi connectivity index (χ4n) is 3.43. The molecule has 1 N–H and O–H groups in total.